The van der Waals surface area contributed by atoms with Crippen LogP contribution in [0.15, 0.2) is 12.7 Å². The normalized spacial score (nSPS) is 11.0. The molecule has 0 atom stereocenters. The van der Waals surface area contributed by atoms with Gasteiger partial charge < -0.3 is 56.8 Å². The highest BCUT2D eigenvalue weighted by Crippen LogP contribution is 1.87. The van der Waals surface area contributed by atoms with Gasteiger partial charge in [-0.05, 0) is 0 Å². The number of ether oxygens (including phenoxy) is 12. The minimum absolute atomic E-state index is 0.195. The predicted molar refractivity (Wildman–Crippen MR) is 146 cm³/mol. The standard InChI is InChI=1S/C27H50O14/c1-3-27(29)41-25-23-39-21-19-37-17-15-35-13-11-33-9-7-31-5-4-30-6-8-32-10-12-34-14-16-36-18-20-38-22-24-40-26(2)28/h3H,1,4-25H2,2H3. The molecular formula is C27H50O14. The summed E-state index contributed by atoms with van der Waals surface area (Å²) in [5.74, 6) is -0.777. The molecule has 0 radical (unpaired) electrons. The average Bonchev–Trinajstić information content (AvgIpc) is 2.97. The average molecular weight is 599 g/mol. The third kappa shape index (κ3) is 36.3. The van der Waals surface area contributed by atoms with E-state index in [0.29, 0.717) is 132 Å². The van der Waals surface area contributed by atoms with Crippen LogP contribution in [0.3, 0.4) is 0 Å². The molecule has 0 spiro atoms. The topological polar surface area (TPSA) is 145 Å². The number of hydrogen-bond acceptors (Lipinski definition) is 14. The van der Waals surface area contributed by atoms with E-state index in [9.17, 15) is 9.59 Å². The minimum atomic E-state index is -0.462. The first-order valence-electron chi connectivity index (χ1n) is 13.9. The Hall–Kier alpha value is -1.72. The Bertz CT molecular complexity index is 578. The van der Waals surface area contributed by atoms with Gasteiger partial charge in [0.15, 0.2) is 0 Å². The van der Waals surface area contributed by atoms with Gasteiger partial charge in [0.1, 0.15) is 13.2 Å². The third-order valence-electron chi connectivity index (χ3n) is 4.52. The van der Waals surface area contributed by atoms with E-state index in [1.807, 2.05) is 0 Å². The van der Waals surface area contributed by atoms with Gasteiger partial charge >= 0.3 is 11.9 Å². The van der Waals surface area contributed by atoms with Crippen molar-refractivity contribution in [2.45, 2.75) is 6.92 Å². The van der Waals surface area contributed by atoms with Crippen molar-refractivity contribution in [1.29, 1.82) is 0 Å². The van der Waals surface area contributed by atoms with Gasteiger partial charge in [-0.15, -0.1) is 0 Å². The molecule has 0 aliphatic rings. The van der Waals surface area contributed by atoms with Crippen molar-refractivity contribution >= 4 is 11.9 Å². The van der Waals surface area contributed by atoms with Crippen molar-refractivity contribution in [3.63, 3.8) is 0 Å². The van der Waals surface area contributed by atoms with E-state index in [1.54, 1.807) is 0 Å². The molecular weight excluding hydrogens is 548 g/mol. The second-order valence-corrected chi connectivity index (χ2v) is 7.84. The molecule has 0 aliphatic heterocycles. The summed E-state index contributed by atoms with van der Waals surface area (Å²) in [5.41, 5.74) is 0. The second-order valence-electron chi connectivity index (χ2n) is 7.84. The Morgan fingerprint density at radius 3 is 0.780 bits per heavy atom. The van der Waals surface area contributed by atoms with Crippen LogP contribution in [0.4, 0.5) is 0 Å². The minimum Gasteiger partial charge on any atom is -0.463 e. The van der Waals surface area contributed by atoms with E-state index in [4.69, 9.17) is 56.8 Å². The van der Waals surface area contributed by atoms with Gasteiger partial charge in [-0.1, -0.05) is 6.58 Å². The largest absolute Gasteiger partial charge is 0.463 e. The van der Waals surface area contributed by atoms with Crippen molar-refractivity contribution in [3.8, 4) is 0 Å². The van der Waals surface area contributed by atoms with Crippen molar-refractivity contribution in [3.05, 3.63) is 12.7 Å². The molecule has 14 nitrogen and oxygen atoms in total. The SMILES string of the molecule is C=CC(=O)OCCOCCOCCOCCOCCOCCOCCOCCOCCOCCOCCOC(C)=O. The summed E-state index contributed by atoms with van der Waals surface area (Å²) in [7, 11) is 0. The second kappa shape index (κ2) is 34.5. The summed E-state index contributed by atoms with van der Waals surface area (Å²) in [6.07, 6.45) is 1.11. The summed E-state index contributed by atoms with van der Waals surface area (Å²) < 4.78 is 63.3. The van der Waals surface area contributed by atoms with Crippen LogP contribution in [-0.4, -0.2) is 157 Å². The summed E-state index contributed by atoms with van der Waals surface area (Å²) in [6, 6.07) is 0. The molecule has 0 N–H and O–H groups in total. The van der Waals surface area contributed by atoms with Crippen LogP contribution in [0.25, 0.3) is 0 Å². The first-order valence-corrected chi connectivity index (χ1v) is 13.9. The smallest absolute Gasteiger partial charge is 0.330 e. The van der Waals surface area contributed by atoms with Gasteiger partial charge in [0.05, 0.1) is 132 Å². The molecule has 0 aromatic heterocycles. The van der Waals surface area contributed by atoms with Gasteiger partial charge in [-0.25, -0.2) is 4.79 Å². The molecule has 0 saturated heterocycles. The van der Waals surface area contributed by atoms with Crippen LogP contribution in [0, 0.1) is 0 Å². The molecule has 0 saturated carbocycles. The monoisotopic (exact) mass is 598 g/mol. The molecule has 0 aromatic carbocycles. The molecule has 0 aromatic rings. The van der Waals surface area contributed by atoms with E-state index in [1.165, 1.54) is 6.92 Å². The van der Waals surface area contributed by atoms with E-state index in [2.05, 4.69) is 6.58 Å². The predicted octanol–water partition coefficient (Wildman–Crippen LogP) is 0.445. The lowest BCUT2D eigenvalue weighted by Gasteiger charge is -2.09. The summed E-state index contributed by atoms with van der Waals surface area (Å²) in [6.45, 7) is 14.3. The zero-order valence-electron chi connectivity index (χ0n) is 24.6. The Morgan fingerprint density at radius 1 is 0.390 bits per heavy atom. The van der Waals surface area contributed by atoms with Crippen LogP contribution in [-0.2, 0) is 66.4 Å². The highest BCUT2D eigenvalue weighted by molar-refractivity contribution is 5.81. The molecule has 0 fully saturated rings. The van der Waals surface area contributed by atoms with Gasteiger partial charge in [0.2, 0.25) is 0 Å². The maximum atomic E-state index is 10.8. The zero-order chi connectivity index (χ0) is 29.9. The highest BCUT2D eigenvalue weighted by Gasteiger charge is 1.97. The van der Waals surface area contributed by atoms with Crippen molar-refractivity contribution in [1.82, 2.24) is 0 Å². The zero-order valence-corrected chi connectivity index (χ0v) is 24.6. The van der Waals surface area contributed by atoms with Crippen LogP contribution >= 0.6 is 0 Å². The molecule has 41 heavy (non-hydrogen) atoms. The fraction of sp³-hybridized carbons (Fsp3) is 0.852. The lowest BCUT2D eigenvalue weighted by molar-refractivity contribution is -0.142. The molecule has 0 bridgehead atoms. The molecule has 14 heteroatoms. The van der Waals surface area contributed by atoms with E-state index in [0.717, 1.165) is 6.08 Å². The van der Waals surface area contributed by atoms with Crippen molar-refractivity contribution in [2.75, 3.05) is 145 Å². The van der Waals surface area contributed by atoms with Crippen molar-refractivity contribution in [2.24, 2.45) is 0 Å². The molecule has 0 aliphatic carbocycles. The maximum absolute atomic E-state index is 10.8. The molecule has 242 valence electrons. The van der Waals surface area contributed by atoms with Crippen LogP contribution in [0.1, 0.15) is 6.92 Å². The first kappa shape index (κ1) is 39.3. The fourth-order valence-corrected chi connectivity index (χ4v) is 2.59. The molecule has 0 rings (SSSR count). The molecule has 0 amide bonds. The fourth-order valence-electron chi connectivity index (χ4n) is 2.59. The first-order chi connectivity index (χ1) is 20.2. The summed E-state index contributed by atoms with van der Waals surface area (Å²) >= 11 is 0. The number of esters is 2. The summed E-state index contributed by atoms with van der Waals surface area (Å²) in [4.78, 5) is 21.4. The Morgan fingerprint density at radius 2 is 0.585 bits per heavy atom. The van der Waals surface area contributed by atoms with Crippen LogP contribution in [0.5, 0.6) is 0 Å². The van der Waals surface area contributed by atoms with Gasteiger partial charge in [-0.3, -0.25) is 4.79 Å². The van der Waals surface area contributed by atoms with E-state index < -0.39 is 5.97 Å². The lowest BCUT2D eigenvalue weighted by atomic mass is 10.6. The van der Waals surface area contributed by atoms with Crippen LogP contribution in [0.2, 0.25) is 0 Å². The maximum Gasteiger partial charge on any atom is 0.330 e. The van der Waals surface area contributed by atoms with E-state index in [-0.39, 0.29) is 19.2 Å². The number of rotatable bonds is 34. The van der Waals surface area contributed by atoms with Crippen molar-refractivity contribution < 1.29 is 66.4 Å². The van der Waals surface area contributed by atoms with Gasteiger partial charge in [0, 0.05) is 13.0 Å². The summed E-state index contributed by atoms with van der Waals surface area (Å²) in [5, 5.41) is 0. The molecule has 0 unspecified atom stereocenters. The molecule has 0 heterocycles. The number of carbonyl (C=O) groups is 2. The number of hydrogen-bond donors (Lipinski definition) is 0. The Kier molecular flexibility index (Phi) is 33.0. The highest BCUT2D eigenvalue weighted by atomic mass is 16.6. The van der Waals surface area contributed by atoms with Gasteiger partial charge in [0.25, 0.3) is 0 Å². The quantitative estimate of drug-likeness (QED) is 0.0574. The number of carbonyl (C=O) groups excluding carboxylic acids is 2. The van der Waals surface area contributed by atoms with Crippen LogP contribution < -0.4 is 0 Å². The third-order valence-corrected chi connectivity index (χ3v) is 4.52. The van der Waals surface area contributed by atoms with Gasteiger partial charge in [-0.2, -0.15) is 0 Å². The lowest BCUT2D eigenvalue weighted by Crippen LogP contribution is -2.15. The van der Waals surface area contributed by atoms with E-state index >= 15 is 0 Å². The Balaban J connectivity index is 3.05. The Labute approximate surface area is 243 Å².